The maximum absolute atomic E-state index is 13.2. The van der Waals surface area contributed by atoms with Crippen LogP contribution in [0.1, 0.15) is 31.0 Å². The van der Waals surface area contributed by atoms with Gasteiger partial charge in [-0.25, -0.2) is 4.39 Å². The molecule has 108 valence electrons. The molecule has 0 radical (unpaired) electrons. The minimum absolute atomic E-state index is 0.0172. The fourth-order valence-corrected chi connectivity index (χ4v) is 2.11. The van der Waals surface area contributed by atoms with Crippen molar-refractivity contribution < 1.29 is 9.50 Å². The van der Waals surface area contributed by atoms with Gasteiger partial charge in [0.25, 0.3) is 0 Å². The molecule has 1 unspecified atom stereocenters. The first kappa shape index (κ1) is 16.1. The van der Waals surface area contributed by atoms with Gasteiger partial charge in [-0.1, -0.05) is 26.0 Å². The van der Waals surface area contributed by atoms with Gasteiger partial charge in [0.15, 0.2) is 0 Å². The quantitative estimate of drug-likeness (QED) is 0.758. The Labute approximate surface area is 115 Å². The summed E-state index contributed by atoms with van der Waals surface area (Å²) >= 11 is 0. The number of rotatable bonds is 8. The highest BCUT2D eigenvalue weighted by atomic mass is 19.1. The van der Waals surface area contributed by atoms with Gasteiger partial charge >= 0.3 is 0 Å². The number of nitrogens with one attached hydrogen (secondary N) is 1. The van der Waals surface area contributed by atoms with Crippen molar-refractivity contribution in [2.45, 2.75) is 26.8 Å². The third-order valence-electron chi connectivity index (χ3n) is 3.48. The number of hydrogen-bond acceptors (Lipinski definition) is 3. The summed E-state index contributed by atoms with van der Waals surface area (Å²) in [6.07, 6.45) is 0. The Morgan fingerprint density at radius 1 is 1.32 bits per heavy atom. The van der Waals surface area contributed by atoms with Crippen LogP contribution in [0.25, 0.3) is 0 Å². The summed E-state index contributed by atoms with van der Waals surface area (Å²) in [5.74, 6) is -0.205. The Morgan fingerprint density at radius 3 is 2.53 bits per heavy atom. The average Bonchev–Trinajstić information content (AvgIpc) is 2.42. The van der Waals surface area contributed by atoms with Crippen LogP contribution in [-0.4, -0.2) is 42.8 Å². The molecule has 19 heavy (non-hydrogen) atoms. The molecule has 0 aliphatic carbocycles. The van der Waals surface area contributed by atoms with Crippen molar-refractivity contribution in [2.75, 3.05) is 32.8 Å². The lowest BCUT2D eigenvalue weighted by molar-refractivity contribution is 0.233. The standard InChI is InChI=1S/C15H25FN2O/c1-4-18(5-2)9-8-17-15(11-19)13-6-7-14(16)12(3)10-13/h6-7,10,15,17,19H,4-5,8-9,11H2,1-3H3. The molecule has 1 rings (SSSR count). The fraction of sp³-hybridized carbons (Fsp3) is 0.600. The van der Waals surface area contributed by atoms with Gasteiger partial charge in [-0.2, -0.15) is 0 Å². The molecule has 0 saturated heterocycles. The molecule has 4 heteroatoms. The highest BCUT2D eigenvalue weighted by Crippen LogP contribution is 2.16. The van der Waals surface area contributed by atoms with E-state index in [2.05, 4.69) is 24.1 Å². The lowest BCUT2D eigenvalue weighted by Gasteiger charge is -2.22. The first-order chi connectivity index (χ1) is 9.12. The normalized spacial score (nSPS) is 12.9. The van der Waals surface area contributed by atoms with Crippen LogP contribution in [0.2, 0.25) is 0 Å². The largest absolute Gasteiger partial charge is 0.394 e. The number of benzene rings is 1. The molecule has 0 aromatic heterocycles. The first-order valence-electron chi connectivity index (χ1n) is 6.95. The Bertz CT molecular complexity index is 380. The van der Waals surface area contributed by atoms with Crippen LogP contribution >= 0.6 is 0 Å². The molecule has 1 aromatic carbocycles. The van der Waals surface area contributed by atoms with Crippen molar-refractivity contribution in [3.63, 3.8) is 0 Å². The maximum atomic E-state index is 13.2. The molecule has 0 saturated carbocycles. The molecule has 0 amide bonds. The molecular weight excluding hydrogens is 243 g/mol. The molecule has 0 spiro atoms. The van der Waals surface area contributed by atoms with E-state index in [0.29, 0.717) is 5.56 Å². The molecule has 0 fully saturated rings. The zero-order chi connectivity index (χ0) is 14.3. The van der Waals surface area contributed by atoms with E-state index in [-0.39, 0.29) is 18.5 Å². The van der Waals surface area contributed by atoms with E-state index in [1.54, 1.807) is 19.1 Å². The number of aryl methyl sites for hydroxylation is 1. The van der Waals surface area contributed by atoms with Crippen LogP contribution in [-0.2, 0) is 0 Å². The monoisotopic (exact) mass is 268 g/mol. The smallest absolute Gasteiger partial charge is 0.126 e. The van der Waals surface area contributed by atoms with Gasteiger partial charge in [-0.3, -0.25) is 0 Å². The van der Waals surface area contributed by atoms with Crippen LogP contribution in [0.4, 0.5) is 4.39 Å². The topological polar surface area (TPSA) is 35.5 Å². The number of hydrogen-bond donors (Lipinski definition) is 2. The number of likely N-dealkylation sites (N-methyl/N-ethyl adjacent to an activating group) is 1. The van der Waals surface area contributed by atoms with Gasteiger partial charge in [-0.05, 0) is 37.2 Å². The summed E-state index contributed by atoms with van der Waals surface area (Å²) in [6.45, 7) is 9.83. The molecule has 1 aromatic rings. The van der Waals surface area contributed by atoms with E-state index < -0.39 is 0 Å². The Kier molecular flexibility index (Phi) is 6.99. The van der Waals surface area contributed by atoms with Crippen LogP contribution in [0, 0.1) is 12.7 Å². The Balaban J connectivity index is 2.55. The van der Waals surface area contributed by atoms with Crippen molar-refractivity contribution in [2.24, 2.45) is 0 Å². The van der Waals surface area contributed by atoms with E-state index in [9.17, 15) is 9.50 Å². The van der Waals surface area contributed by atoms with Gasteiger partial charge in [0, 0.05) is 13.1 Å². The van der Waals surface area contributed by atoms with Crippen LogP contribution in [0.3, 0.4) is 0 Å². The van der Waals surface area contributed by atoms with Gasteiger partial charge in [0.2, 0.25) is 0 Å². The molecule has 3 nitrogen and oxygen atoms in total. The van der Waals surface area contributed by atoms with Gasteiger partial charge in [-0.15, -0.1) is 0 Å². The highest BCUT2D eigenvalue weighted by molar-refractivity contribution is 5.26. The summed E-state index contributed by atoms with van der Waals surface area (Å²) < 4.78 is 13.2. The highest BCUT2D eigenvalue weighted by Gasteiger charge is 2.11. The second-order valence-corrected chi connectivity index (χ2v) is 4.72. The number of nitrogens with zero attached hydrogens (tertiary/aromatic N) is 1. The van der Waals surface area contributed by atoms with Crippen molar-refractivity contribution >= 4 is 0 Å². The predicted octanol–water partition coefficient (Wildman–Crippen LogP) is 2.10. The molecular formula is C15H25FN2O. The van der Waals surface area contributed by atoms with Crippen molar-refractivity contribution in [1.82, 2.24) is 10.2 Å². The van der Waals surface area contributed by atoms with E-state index in [0.717, 1.165) is 31.7 Å². The summed E-state index contributed by atoms with van der Waals surface area (Å²) in [5, 5.41) is 12.8. The summed E-state index contributed by atoms with van der Waals surface area (Å²) in [4.78, 5) is 2.32. The minimum atomic E-state index is -0.205. The van der Waals surface area contributed by atoms with Crippen LogP contribution in [0.5, 0.6) is 0 Å². The van der Waals surface area contributed by atoms with E-state index in [1.807, 2.05) is 0 Å². The Morgan fingerprint density at radius 2 is 2.00 bits per heavy atom. The third kappa shape index (κ3) is 4.90. The van der Waals surface area contributed by atoms with Crippen LogP contribution < -0.4 is 5.32 Å². The molecule has 0 bridgehead atoms. The second kappa shape index (κ2) is 8.25. The molecule has 1 atom stereocenters. The molecule has 0 aliphatic rings. The van der Waals surface area contributed by atoms with Crippen molar-refractivity contribution in [3.05, 3.63) is 35.1 Å². The summed E-state index contributed by atoms with van der Waals surface area (Å²) in [5.41, 5.74) is 1.54. The van der Waals surface area contributed by atoms with E-state index in [4.69, 9.17) is 0 Å². The van der Waals surface area contributed by atoms with Gasteiger partial charge < -0.3 is 15.3 Å². The Hall–Kier alpha value is -0.970. The number of aliphatic hydroxyl groups is 1. The van der Waals surface area contributed by atoms with E-state index in [1.165, 1.54) is 6.07 Å². The third-order valence-corrected chi connectivity index (χ3v) is 3.48. The molecule has 0 heterocycles. The van der Waals surface area contributed by atoms with Gasteiger partial charge in [0.05, 0.1) is 12.6 Å². The second-order valence-electron chi connectivity index (χ2n) is 4.72. The summed E-state index contributed by atoms with van der Waals surface area (Å²) in [6, 6.07) is 4.85. The van der Waals surface area contributed by atoms with Crippen LogP contribution in [0.15, 0.2) is 18.2 Å². The maximum Gasteiger partial charge on any atom is 0.126 e. The van der Waals surface area contributed by atoms with Crippen molar-refractivity contribution in [3.8, 4) is 0 Å². The zero-order valence-corrected chi connectivity index (χ0v) is 12.1. The number of aliphatic hydroxyl groups excluding tert-OH is 1. The zero-order valence-electron chi connectivity index (χ0n) is 12.1. The SMILES string of the molecule is CCN(CC)CCNC(CO)c1ccc(F)c(C)c1. The summed E-state index contributed by atoms with van der Waals surface area (Å²) in [7, 11) is 0. The average molecular weight is 268 g/mol. The van der Waals surface area contributed by atoms with Crippen molar-refractivity contribution in [1.29, 1.82) is 0 Å². The lowest BCUT2D eigenvalue weighted by Crippen LogP contribution is -2.34. The minimum Gasteiger partial charge on any atom is -0.394 e. The predicted molar refractivity (Wildman–Crippen MR) is 76.8 cm³/mol. The fourth-order valence-electron chi connectivity index (χ4n) is 2.11. The van der Waals surface area contributed by atoms with E-state index >= 15 is 0 Å². The lowest BCUT2D eigenvalue weighted by atomic mass is 10.0. The number of halogens is 1. The first-order valence-corrected chi connectivity index (χ1v) is 6.95. The molecule has 2 N–H and O–H groups in total. The van der Waals surface area contributed by atoms with Gasteiger partial charge in [0.1, 0.15) is 5.82 Å². The molecule has 0 aliphatic heterocycles.